The Morgan fingerprint density at radius 2 is 2.53 bits per heavy atom. The Hall–Kier alpha value is -0.910. The Morgan fingerprint density at radius 3 is 3.26 bits per heavy atom. The second kappa shape index (κ2) is 5.23. The van der Waals surface area contributed by atoms with Crippen molar-refractivity contribution in [3.05, 3.63) is 17.8 Å². The van der Waals surface area contributed by atoms with Gasteiger partial charge < -0.3 is 14.8 Å². The molecule has 3 rings (SSSR count). The van der Waals surface area contributed by atoms with E-state index in [9.17, 15) is 5.11 Å². The van der Waals surface area contributed by atoms with E-state index >= 15 is 0 Å². The fourth-order valence-corrected chi connectivity index (χ4v) is 3.63. The first kappa shape index (κ1) is 13.1. The monoisotopic (exact) mass is 265 g/mol. The SMILES string of the molecule is Cc1nc(CN2CC[C@@H]3NCCC[C@@]3(CO)C2)co1. The van der Waals surface area contributed by atoms with Crippen LogP contribution in [0.25, 0.3) is 0 Å². The normalized spacial score (nSPS) is 32.2. The van der Waals surface area contributed by atoms with Crippen LogP contribution >= 0.6 is 0 Å². The lowest BCUT2D eigenvalue weighted by molar-refractivity contribution is -0.0226. The number of aliphatic hydroxyl groups is 1. The van der Waals surface area contributed by atoms with Crippen LogP contribution in [0.1, 0.15) is 30.8 Å². The van der Waals surface area contributed by atoms with Crippen LogP contribution in [-0.4, -0.2) is 47.3 Å². The number of aryl methyl sites for hydroxylation is 1. The molecule has 5 nitrogen and oxygen atoms in total. The summed E-state index contributed by atoms with van der Waals surface area (Å²) in [7, 11) is 0. The predicted molar refractivity (Wildman–Crippen MR) is 71.7 cm³/mol. The standard InChI is InChI=1S/C14H23N3O2/c1-11-16-12(8-19-11)7-17-6-3-13-14(9-17,10-18)4-2-5-15-13/h8,13,15,18H,2-7,9-10H2,1H3/t13-,14-/m0/s1. The Labute approximate surface area is 114 Å². The van der Waals surface area contributed by atoms with Crippen molar-refractivity contribution >= 4 is 0 Å². The first-order chi connectivity index (χ1) is 9.22. The molecule has 2 fully saturated rings. The Morgan fingerprint density at radius 1 is 1.63 bits per heavy atom. The maximum atomic E-state index is 9.86. The topological polar surface area (TPSA) is 61.5 Å². The molecule has 2 atom stereocenters. The van der Waals surface area contributed by atoms with Gasteiger partial charge in [0.15, 0.2) is 5.89 Å². The lowest BCUT2D eigenvalue weighted by Crippen LogP contribution is -2.61. The van der Waals surface area contributed by atoms with E-state index in [0.717, 1.165) is 57.0 Å². The van der Waals surface area contributed by atoms with Crippen molar-refractivity contribution in [1.29, 1.82) is 0 Å². The summed E-state index contributed by atoms with van der Waals surface area (Å²) in [6.45, 7) is 6.08. The highest BCUT2D eigenvalue weighted by molar-refractivity contribution is 5.02. The molecule has 3 heterocycles. The van der Waals surface area contributed by atoms with Crippen molar-refractivity contribution in [2.24, 2.45) is 5.41 Å². The number of nitrogens with one attached hydrogen (secondary N) is 1. The molecule has 19 heavy (non-hydrogen) atoms. The van der Waals surface area contributed by atoms with Crippen molar-refractivity contribution in [2.75, 3.05) is 26.2 Å². The van der Waals surface area contributed by atoms with Crippen LogP contribution in [0.5, 0.6) is 0 Å². The van der Waals surface area contributed by atoms with E-state index in [-0.39, 0.29) is 12.0 Å². The summed E-state index contributed by atoms with van der Waals surface area (Å²) < 4.78 is 5.26. The van der Waals surface area contributed by atoms with Crippen LogP contribution in [0, 0.1) is 12.3 Å². The number of nitrogens with zero attached hydrogens (tertiary/aromatic N) is 2. The molecule has 0 aromatic carbocycles. The Bertz CT molecular complexity index is 434. The van der Waals surface area contributed by atoms with Gasteiger partial charge in [-0.1, -0.05) is 0 Å². The highest BCUT2D eigenvalue weighted by atomic mass is 16.3. The van der Waals surface area contributed by atoms with Gasteiger partial charge in [0.05, 0.1) is 12.3 Å². The quantitative estimate of drug-likeness (QED) is 0.851. The zero-order valence-corrected chi connectivity index (χ0v) is 11.6. The van der Waals surface area contributed by atoms with Gasteiger partial charge in [0.2, 0.25) is 0 Å². The number of piperidine rings is 2. The summed E-state index contributed by atoms with van der Waals surface area (Å²) in [6.07, 6.45) is 5.13. The lowest BCUT2D eigenvalue weighted by Gasteiger charge is -2.50. The van der Waals surface area contributed by atoms with Gasteiger partial charge in [-0.3, -0.25) is 4.90 Å². The molecule has 1 aromatic rings. The molecule has 2 N–H and O–H groups in total. The zero-order valence-electron chi connectivity index (χ0n) is 11.6. The summed E-state index contributed by atoms with van der Waals surface area (Å²) in [5, 5.41) is 13.4. The van der Waals surface area contributed by atoms with Crippen LogP contribution in [-0.2, 0) is 6.54 Å². The number of aliphatic hydroxyl groups excluding tert-OH is 1. The van der Waals surface area contributed by atoms with Crippen LogP contribution < -0.4 is 5.32 Å². The number of hydrogen-bond donors (Lipinski definition) is 2. The fourth-order valence-electron chi connectivity index (χ4n) is 3.63. The van der Waals surface area contributed by atoms with E-state index in [4.69, 9.17) is 4.42 Å². The van der Waals surface area contributed by atoms with E-state index in [1.807, 2.05) is 6.92 Å². The fraction of sp³-hybridized carbons (Fsp3) is 0.786. The molecule has 1 aromatic heterocycles. The number of hydrogen-bond acceptors (Lipinski definition) is 5. The van der Waals surface area contributed by atoms with Crippen molar-refractivity contribution in [3.63, 3.8) is 0 Å². The third kappa shape index (κ3) is 2.55. The third-order valence-corrected chi connectivity index (χ3v) is 4.62. The maximum Gasteiger partial charge on any atom is 0.191 e. The van der Waals surface area contributed by atoms with Gasteiger partial charge in [-0.05, 0) is 25.8 Å². The molecule has 5 heteroatoms. The van der Waals surface area contributed by atoms with E-state index in [2.05, 4.69) is 15.2 Å². The minimum atomic E-state index is 0.0370. The number of oxazole rings is 1. The van der Waals surface area contributed by atoms with Gasteiger partial charge in [-0.25, -0.2) is 4.98 Å². The largest absolute Gasteiger partial charge is 0.449 e. The lowest BCUT2D eigenvalue weighted by atomic mass is 9.71. The summed E-state index contributed by atoms with van der Waals surface area (Å²) in [4.78, 5) is 6.77. The van der Waals surface area contributed by atoms with Crippen LogP contribution in [0.2, 0.25) is 0 Å². The molecule has 0 amide bonds. The number of fused-ring (bicyclic) bond motifs is 1. The minimum absolute atomic E-state index is 0.0370. The average molecular weight is 265 g/mol. The van der Waals surface area contributed by atoms with Crippen LogP contribution in [0.3, 0.4) is 0 Å². The molecule has 0 saturated carbocycles. The molecule has 0 unspecified atom stereocenters. The van der Waals surface area contributed by atoms with E-state index < -0.39 is 0 Å². The van der Waals surface area contributed by atoms with Gasteiger partial charge in [0.1, 0.15) is 6.26 Å². The average Bonchev–Trinajstić information content (AvgIpc) is 2.84. The second-order valence-corrected chi connectivity index (χ2v) is 5.99. The highest BCUT2D eigenvalue weighted by Crippen LogP contribution is 2.37. The van der Waals surface area contributed by atoms with E-state index in [1.165, 1.54) is 0 Å². The van der Waals surface area contributed by atoms with Crippen molar-refractivity contribution in [3.8, 4) is 0 Å². The summed E-state index contributed by atoms with van der Waals surface area (Å²) in [5.41, 5.74) is 1.03. The first-order valence-corrected chi connectivity index (χ1v) is 7.19. The Balaban J connectivity index is 1.68. The molecule has 0 bridgehead atoms. The van der Waals surface area contributed by atoms with Crippen molar-refractivity contribution < 1.29 is 9.52 Å². The summed E-state index contributed by atoms with van der Waals surface area (Å²) in [6, 6.07) is 0.474. The molecule has 2 aliphatic rings. The molecule has 106 valence electrons. The van der Waals surface area contributed by atoms with Gasteiger partial charge >= 0.3 is 0 Å². The third-order valence-electron chi connectivity index (χ3n) is 4.62. The smallest absolute Gasteiger partial charge is 0.191 e. The molecular weight excluding hydrogens is 242 g/mol. The van der Waals surface area contributed by atoms with Crippen LogP contribution in [0.4, 0.5) is 0 Å². The molecule has 2 saturated heterocycles. The summed E-state index contributed by atoms with van der Waals surface area (Å²) in [5.74, 6) is 0.723. The van der Waals surface area contributed by atoms with E-state index in [0.29, 0.717) is 6.04 Å². The molecule has 2 aliphatic heterocycles. The van der Waals surface area contributed by atoms with Gasteiger partial charge in [-0.2, -0.15) is 0 Å². The van der Waals surface area contributed by atoms with E-state index in [1.54, 1.807) is 6.26 Å². The van der Waals surface area contributed by atoms with Gasteiger partial charge in [-0.15, -0.1) is 0 Å². The zero-order chi connectivity index (χ0) is 13.3. The minimum Gasteiger partial charge on any atom is -0.449 e. The molecule has 0 spiro atoms. The number of likely N-dealkylation sites (tertiary alicyclic amines) is 1. The van der Waals surface area contributed by atoms with Gasteiger partial charge in [0, 0.05) is 38.0 Å². The summed E-state index contributed by atoms with van der Waals surface area (Å²) >= 11 is 0. The number of aromatic nitrogens is 1. The van der Waals surface area contributed by atoms with Crippen molar-refractivity contribution in [2.45, 2.75) is 38.8 Å². The Kier molecular flexibility index (Phi) is 3.60. The second-order valence-electron chi connectivity index (χ2n) is 5.99. The number of rotatable bonds is 3. The predicted octanol–water partition coefficient (Wildman–Crippen LogP) is 0.919. The van der Waals surface area contributed by atoms with Crippen molar-refractivity contribution in [1.82, 2.24) is 15.2 Å². The molecule has 0 aliphatic carbocycles. The first-order valence-electron chi connectivity index (χ1n) is 7.19. The molecule has 0 radical (unpaired) electrons. The highest BCUT2D eigenvalue weighted by Gasteiger charge is 2.44. The maximum absolute atomic E-state index is 9.86. The molecular formula is C14H23N3O2. The van der Waals surface area contributed by atoms with Crippen LogP contribution in [0.15, 0.2) is 10.7 Å². The van der Waals surface area contributed by atoms with Gasteiger partial charge in [0.25, 0.3) is 0 Å².